The van der Waals surface area contributed by atoms with Gasteiger partial charge in [0.15, 0.2) is 5.13 Å². The van der Waals surface area contributed by atoms with Crippen molar-refractivity contribution in [3.8, 4) is 17.0 Å². The molecule has 0 atom stereocenters. The summed E-state index contributed by atoms with van der Waals surface area (Å²) in [6.07, 6.45) is 2.13. The number of aromatic nitrogens is 1. The number of nitrogens with zero attached hydrogens (tertiary/aromatic N) is 2. The average molecular weight is 510 g/mol. The van der Waals surface area contributed by atoms with Gasteiger partial charge in [0.1, 0.15) is 16.9 Å². The van der Waals surface area contributed by atoms with Crippen molar-refractivity contribution in [2.45, 2.75) is 26.7 Å². The van der Waals surface area contributed by atoms with Crippen molar-refractivity contribution in [3.05, 3.63) is 101 Å². The molecule has 2 heterocycles. The van der Waals surface area contributed by atoms with E-state index in [0.29, 0.717) is 22.9 Å². The van der Waals surface area contributed by atoms with Gasteiger partial charge in [0.05, 0.1) is 18.0 Å². The van der Waals surface area contributed by atoms with Gasteiger partial charge in [0.2, 0.25) is 5.55 Å². The van der Waals surface area contributed by atoms with Crippen molar-refractivity contribution in [2.24, 2.45) is 4.99 Å². The van der Waals surface area contributed by atoms with Gasteiger partial charge in [-0.15, -0.1) is 11.3 Å². The fourth-order valence-corrected chi connectivity index (χ4v) is 4.51. The molecule has 0 fully saturated rings. The number of carbonyl (C=O) groups is 1. The highest BCUT2D eigenvalue weighted by Crippen LogP contribution is 2.27. The van der Waals surface area contributed by atoms with Gasteiger partial charge in [-0.1, -0.05) is 49.7 Å². The van der Waals surface area contributed by atoms with Gasteiger partial charge >= 0.3 is 0 Å². The summed E-state index contributed by atoms with van der Waals surface area (Å²) in [6.45, 7) is 4.82. The predicted molar refractivity (Wildman–Crippen MR) is 149 cm³/mol. The molecule has 0 radical (unpaired) electrons. The maximum absolute atomic E-state index is 13.4. The lowest BCUT2D eigenvalue weighted by Gasteiger charge is -2.06. The van der Waals surface area contributed by atoms with Crippen LogP contribution in [0.3, 0.4) is 0 Å². The number of aryl methyl sites for hydroxylation is 1. The van der Waals surface area contributed by atoms with E-state index in [1.807, 2.05) is 85.1 Å². The van der Waals surface area contributed by atoms with E-state index in [0.717, 1.165) is 46.5 Å². The van der Waals surface area contributed by atoms with Crippen LogP contribution in [0.2, 0.25) is 0 Å². The summed E-state index contributed by atoms with van der Waals surface area (Å²) in [5.41, 5.74) is 4.72. The Morgan fingerprint density at radius 3 is 2.65 bits per heavy atom. The van der Waals surface area contributed by atoms with Gasteiger partial charge < -0.3 is 9.15 Å². The third-order valence-electron chi connectivity index (χ3n) is 5.88. The van der Waals surface area contributed by atoms with E-state index in [2.05, 4.69) is 22.2 Å². The number of para-hydroxylation sites is 2. The van der Waals surface area contributed by atoms with Crippen LogP contribution >= 0.6 is 11.3 Å². The Labute approximate surface area is 219 Å². The summed E-state index contributed by atoms with van der Waals surface area (Å²) in [4.78, 5) is 22.7. The van der Waals surface area contributed by atoms with Gasteiger partial charge in [-0.25, -0.2) is 9.98 Å². The maximum atomic E-state index is 13.4. The van der Waals surface area contributed by atoms with E-state index < -0.39 is 0 Å². The first-order valence-corrected chi connectivity index (χ1v) is 13.1. The van der Waals surface area contributed by atoms with Crippen LogP contribution in [0.5, 0.6) is 5.75 Å². The molecule has 186 valence electrons. The highest BCUT2D eigenvalue weighted by atomic mass is 32.1. The van der Waals surface area contributed by atoms with E-state index >= 15 is 0 Å². The highest BCUT2D eigenvalue weighted by molar-refractivity contribution is 7.14. The fraction of sp³-hybridized carbons (Fsp3) is 0.167. The maximum Gasteiger partial charge on any atom is 0.262 e. The van der Waals surface area contributed by atoms with E-state index in [-0.39, 0.29) is 11.5 Å². The van der Waals surface area contributed by atoms with E-state index in [1.54, 1.807) is 6.07 Å². The molecule has 0 bridgehead atoms. The van der Waals surface area contributed by atoms with Gasteiger partial charge in [0.25, 0.3) is 5.91 Å². The molecule has 0 spiro atoms. The van der Waals surface area contributed by atoms with Crippen LogP contribution < -0.4 is 15.6 Å². The first-order valence-electron chi connectivity index (χ1n) is 12.2. The summed E-state index contributed by atoms with van der Waals surface area (Å²) in [5.74, 6) is 0.508. The SMILES string of the molecule is CCCCOc1ccc(-c2csc(NC(=O)c3cc4ccccc4oc3=Nc3ccccc3C)n2)cc1. The minimum absolute atomic E-state index is 0.251. The molecule has 0 saturated carbocycles. The lowest BCUT2D eigenvalue weighted by atomic mass is 10.1. The number of thiazole rings is 1. The largest absolute Gasteiger partial charge is 0.494 e. The van der Waals surface area contributed by atoms with Crippen LogP contribution in [0.25, 0.3) is 22.2 Å². The van der Waals surface area contributed by atoms with E-state index in [1.165, 1.54) is 11.3 Å². The van der Waals surface area contributed by atoms with Crippen LogP contribution in [-0.2, 0) is 0 Å². The summed E-state index contributed by atoms with van der Waals surface area (Å²) in [6, 6.07) is 24.9. The minimum Gasteiger partial charge on any atom is -0.494 e. The first kappa shape index (κ1) is 24.5. The summed E-state index contributed by atoms with van der Waals surface area (Å²) < 4.78 is 11.8. The standard InChI is InChI=1S/C30H27N3O3S/c1-3-4-17-35-23-15-13-21(14-16-23)26-19-37-30(32-26)33-28(34)24-18-22-10-6-8-12-27(22)36-29(24)31-25-11-7-5-9-20(25)2/h5-16,18-19H,3-4,17H2,1-2H3,(H,32,33,34). The number of rotatable bonds is 8. The van der Waals surface area contributed by atoms with Gasteiger partial charge in [-0.3, -0.25) is 10.1 Å². The molecule has 0 aliphatic rings. The second-order valence-electron chi connectivity index (χ2n) is 8.62. The van der Waals surface area contributed by atoms with E-state index in [4.69, 9.17) is 9.15 Å². The van der Waals surface area contributed by atoms with Crippen LogP contribution in [0.15, 0.2) is 93.7 Å². The number of benzene rings is 3. The summed E-state index contributed by atoms with van der Waals surface area (Å²) in [7, 11) is 0. The summed E-state index contributed by atoms with van der Waals surface area (Å²) >= 11 is 1.37. The minimum atomic E-state index is -0.331. The number of unbranched alkanes of at least 4 members (excludes halogenated alkanes) is 1. The third-order valence-corrected chi connectivity index (χ3v) is 6.64. The number of nitrogens with one attached hydrogen (secondary N) is 1. The Kier molecular flexibility index (Phi) is 7.42. The second-order valence-corrected chi connectivity index (χ2v) is 9.48. The van der Waals surface area contributed by atoms with Crippen molar-refractivity contribution in [2.75, 3.05) is 11.9 Å². The van der Waals surface area contributed by atoms with Crippen molar-refractivity contribution in [1.29, 1.82) is 0 Å². The fourth-order valence-electron chi connectivity index (χ4n) is 3.80. The quantitative estimate of drug-likeness (QED) is 0.219. The number of hydrogen-bond donors (Lipinski definition) is 1. The molecule has 1 amide bonds. The molecule has 1 N–H and O–H groups in total. The van der Waals surface area contributed by atoms with Gasteiger partial charge in [-0.2, -0.15) is 0 Å². The molecular weight excluding hydrogens is 482 g/mol. The molecule has 0 saturated heterocycles. The Bertz CT molecular complexity index is 1600. The molecule has 7 heteroatoms. The molecular formula is C30H27N3O3S. The van der Waals surface area contributed by atoms with Crippen LogP contribution in [-0.4, -0.2) is 17.5 Å². The molecule has 0 unspecified atom stereocenters. The van der Waals surface area contributed by atoms with Crippen LogP contribution in [0.4, 0.5) is 10.8 Å². The van der Waals surface area contributed by atoms with Crippen LogP contribution in [0.1, 0.15) is 35.7 Å². The topological polar surface area (TPSA) is 76.7 Å². The Hall–Kier alpha value is -4.23. The number of amides is 1. The number of ether oxygens (including phenoxy) is 1. The zero-order chi connectivity index (χ0) is 25.6. The first-order chi connectivity index (χ1) is 18.1. The normalized spacial score (nSPS) is 11.6. The smallest absolute Gasteiger partial charge is 0.262 e. The molecule has 0 aliphatic heterocycles. The molecule has 3 aromatic carbocycles. The molecule has 37 heavy (non-hydrogen) atoms. The number of anilines is 1. The second kappa shape index (κ2) is 11.2. The monoisotopic (exact) mass is 509 g/mol. The number of carbonyl (C=O) groups excluding carboxylic acids is 1. The van der Waals surface area contributed by atoms with Crippen molar-refractivity contribution < 1.29 is 13.9 Å². The Morgan fingerprint density at radius 2 is 1.84 bits per heavy atom. The zero-order valence-electron chi connectivity index (χ0n) is 20.7. The predicted octanol–water partition coefficient (Wildman–Crippen LogP) is 7.53. The molecule has 0 aliphatic carbocycles. The molecule has 6 nitrogen and oxygen atoms in total. The van der Waals surface area contributed by atoms with Crippen molar-refractivity contribution in [3.63, 3.8) is 0 Å². The lowest BCUT2D eigenvalue weighted by molar-refractivity contribution is 0.102. The average Bonchev–Trinajstić information content (AvgIpc) is 3.38. The molecule has 2 aromatic heterocycles. The molecule has 5 rings (SSSR count). The zero-order valence-corrected chi connectivity index (χ0v) is 21.5. The number of fused-ring (bicyclic) bond motifs is 1. The third kappa shape index (κ3) is 5.78. The molecule has 5 aromatic rings. The van der Waals surface area contributed by atoms with Gasteiger partial charge in [0, 0.05) is 16.3 Å². The van der Waals surface area contributed by atoms with Gasteiger partial charge in [-0.05, 0) is 61.4 Å². The lowest BCUT2D eigenvalue weighted by Crippen LogP contribution is -2.21. The van der Waals surface area contributed by atoms with Crippen molar-refractivity contribution >= 4 is 39.0 Å². The Morgan fingerprint density at radius 1 is 1.05 bits per heavy atom. The number of hydrogen-bond acceptors (Lipinski definition) is 6. The highest BCUT2D eigenvalue weighted by Gasteiger charge is 2.15. The Balaban J connectivity index is 1.41. The summed E-state index contributed by atoms with van der Waals surface area (Å²) in [5, 5.41) is 6.16. The van der Waals surface area contributed by atoms with E-state index in [9.17, 15) is 4.79 Å². The van der Waals surface area contributed by atoms with Crippen molar-refractivity contribution in [1.82, 2.24) is 4.98 Å². The van der Waals surface area contributed by atoms with Crippen LogP contribution in [0, 0.1) is 6.92 Å².